The number of hydrogen-bond acceptors (Lipinski definition) is 7. The molecule has 188 valence electrons. The molecular formula is C28H38N4O3. The van der Waals surface area contributed by atoms with Crippen LogP contribution in [0.25, 0.3) is 11.0 Å². The Hall–Kier alpha value is -2.64. The first kappa shape index (κ1) is 24.1. The molecule has 0 unspecified atom stereocenters. The summed E-state index contributed by atoms with van der Waals surface area (Å²) in [4.78, 5) is 9.03. The van der Waals surface area contributed by atoms with Crippen LogP contribution < -0.4 is 9.47 Å². The van der Waals surface area contributed by atoms with Crippen LogP contribution >= 0.6 is 0 Å². The van der Waals surface area contributed by atoms with Gasteiger partial charge in [0.05, 0.1) is 25.0 Å². The minimum absolute atomic E-state index is 0.670. The van der Waals surface area contributed by atoms with Gasteiger partial charge in [0.2, 0.25) is 5.88 Å². The molecule has 7 heteroatoms. The smallest absolute Gasteiger partial charge is 0.212 e. The van der Waals surface area contributed by atoms with Crippen LogP contribution in [0, 0.1) is 11.8 Å². The molecule has 0 spiro atoms. The van der Waals surface area contributed by atoms with Crippen molar-refractivity contribution < 1.29 is 14.0 Å². The summed E-state index contributed by atoms with van der Waals surface area (Å²) in [5.41, 5.74) is 4.34. The zero-order valence-corrected chi connectivity index (χ0v) is 21.3. The molecule has 2 fully saturated rings. The Kier molecular flexibility index (Phi) is 7.54. The number of pyridine rings is 1. The average molecular weight is 479 g/mol. The Morgan fingerprint density at radius 2 is 1.89 bits per heavy atom. The molecule has 0 bridgehead atoms. The summed E-state index contributed by atoms with van der Waals surface area (Å²) < 4.78 is 17.2. The van der Waals surface area contributed by atoms with Crippen molar-refractivity contribution >= 4 is 11.0 Å². The number of aromatic nitrogens is 2. The Balaban J connectivity index is 1.17. The van der Waals surface area contributed by atoms with Crippen molar-refractivity contribution in [1.82, 2.24) is 19.9 Å². The lowest BCUT2D eigenvalue weighted by Crippen LogP contribution is -2.33. The van der Waals surface area contributed by atoms with Crippen molar-refractivity contribution in [3.8, 4) is 11.6 Å². The van der Waals surface area contributed by atoms with Gasteiger partial charge in [0.25, 0.3) is 0 Å². The Labute approximate surface area is 208 Å². The number of methoxy groups -OCH3 is 1. The summed E-state index contributed by atoms with van der Waals surface area (Å²) in [7, 11) is 5.82. The van der Waals surface area contributed by atoms with Crippen LogP contribution in [0.15, 0.2) is 35.0 Å². The number of benzene rings is 1. The average Bonchev–Trinajstić information content (AvgIpc) is 3.61. The molecule has 1 aromatic carbocycles. The van der Waals surface area contributed by atoms with Crippen LogP contribution in [0.2, 0.25) is 0 Å². The number of aryl methyl sites for hydroxylation is 1. The molecule has 3 aromatic rings. The maximum Gasteiger partial charge on any atom is 0.212 e. The van der Waals surface area contributed by atoms with Crippen molar-refractivity contribution in [2.24, 2.45) is 11.8 Å². The molecule has 0 radical (unpaired) electrons. The Morgan fingerprint density at radius 1 is 1.06 bits per heavy atom. The molecule has 7 nitrogen and oxygen atoms in total. The highest BCUT2D eigenvalue weighted by Crippen LogP contribution is 2.35. The number of nitrogens with zero attached hydrogens (tertiary/aromatic N) is 4. The first-order chi connectivity index (χ1) is 17.1. The number of hydrogen-bond donors (Lipinski definition) is 0. The molecule has 0 atom stereocenters. The minimum atomic E-state index is 0.670. The number of fused-ring (bicyclic) bond motifs is 1. The van der Waals surface area contributed by atoms with Gasteiger partial charge in [-0.25, -0.2) is 4.98 Å². The predicted molar refractivity (Wildman–Crippen MR) is 137 cm³/mol. The van der Waals surface area contributed by atoms with Gasteiger partial charge in [-0.2, -0.15) is 0 Å². The summed E-state index contributed by atoms with van der Waals surface area (Å²) in [6, 6.07) is 8.32. The van der Waals surface area contributed by atoms with Crippen LogP contribution in [0.4, 0.5) is 0 Å². The van der Waals surface area contributed by atoms with Gasteiger partial charge in [0.1, 0.15) is 5.75 Å². The SMILES string of the molecule is COc1ccc(CN2CCC(CCc3noc4c(CN(C)C)c(OCC5CC5)ccc34)CC2)cn1. The van der Waals surface area contributed by atoms with E-state index in [4.69, 9.17) is 14.0 Å². The van der Waals surface area contributed by atoms with E-state index >= 15 is 0 Å². The second-order valence-electron chi connectivity index (χ2n) is 10.5. The van der Waals surface area contributed by atoms with E-state index in [1.165, 1.54) is 31.2 Å². The van der Waals surface area contributed by atoms with Crippen LogP contribution in [-0.2, 0) is 19.5 Å². The lowest BCUT2D eigenvalue weighted by atomic mass is 9.91. The fourth-order valence-corrected chi connectivity index (χ4v) is 5.02. The second kappa shape index (κ2) is 11.0. The number of rotatable bonds is 11. The van der Waals surface area contributed by atoms with Crippen molar-refractivity contribution in [3.63, 3.8) is 0 Å². The van der Waals surface area contributed by atoms with Gasteiger partial charge in [0.15, 0.2) is 5.58 Å². The van der Waals surface area contributed by atoms with E-state index in [9.17, 15) is 0 Å². The van der Waals surface area contributed by atoms with E-state index in [2.05, 4.69) is 52.2 Å². The fraction of sp³-hybridized carbons (Fsp3) is 0.571. The van der Waals surface area contributed by atoms with E-state index in [1.54, 1.807) is 7.11 Å². The van der Waals surface area contributed by atoms with Gasteiger partial charge < -0.3 is 18.9 Å². The predicted octanol–water partition coefficient (Wildman–Crippen LogP) is 4.93. The van der Waals surface area contributed by atoms with Crippen LogP contribution in [0.1, 0.15) is 48.9 Å². The van der Waals surface area contributed by atoms with Crippen LogP contribution in [0.3, 0.4) is 0 Å². The van der Waals surface area contributed by atoms with Crippen molar-refractivity contribution in [2.75, 3.05) is 40.9 Å². The van der Waals surface area contributed by atoms with Crippen LogP contribution in [0.5, 0.6) is 11.6 Å². The van der Waals surface area contributed by atoms with Gasteiger partial charge in [-0.3, -0.25) is 4.90 Å². The summed E-state index contributed by atoms with van der Waals surface area (Å²) in [5, 5.41) is 5.65. The summed E-state index contributed by atoms with van der Waals surface area (Å²) >= 11 is 0. The monoisotopic (exact) mass is 478 g/mol. The third-order valence-electron chi connectivity index (χ3n) is 7.33. The maximum atomic E-state index is 6.17. The van der Waals surface area contributed by atoms with Gasteiger partial charge in [-0.15, -0.1) is 0 Å². The second-order valence-corrected chi connectivity index (χ2v) is 10.5. The lowest BCUT2D eigenvalue weighted by molar-refractivity contribution is 0.172. The van der Waals surface area contributed by atoms with Crippen molar-refractivity contribution in [3.05, 3.63) is 47.3 Å². The maximum absolute atomic E-state index is 6.17. The zero-order chi connectivity index (χ0) is 24.2. The van der Waals surface area contributed by atoms with E-state index in [1.807, 2.05) is 12.3 Å². The lowest BCUT2D eigenvalue weighted by Gasteiger charge is -2.31. The van der Waals surface area contributed by atoms with Gasteiger partial charge in [-0.1, -0.05) is 11.2 Å². The third-order valence-corrected chi connectivity index (χ3v) is 7.33. The largest absolute Gasteiger partial charge is 0.493 e. The van der Waals surface area contributed by atoms with E-state index < -0.39 is 0 Å². The Bertz CT molecular complexity index is 1100. The van der Waals surface area contributed by atoms with Crippen molar-refractivity contribution in [2.45, 2.75) is 51.6 Å². The highest BCUT2D eigenvalue weighted by atomic mass is 16.5. The highest BCUT2D eigenvalue weighted by Gasteiger charge is 2.24. The third kappa shape index (κ3) is 6.14. The van der Waals surface area contributed by atoms with E-state index in [-0.39, 0.29) is 0 Å². The minimum Gasteiger partial charge on any atom is -0.493 e. The number of likely N-dealkylation sites (tertiary alicyclic amines) is 1. The molecule has 0 N–H and O–H groups in total. The quantitative estimate of drug-likeness (QED) is 0.387. The van der Waals surface area contributed by atoms with Gasteiger partial charge in [-0.05, 0) is 95.2 Å². The normalized spacial score (nSPS) is 17.4. The van der Waals surface area contributed by atoms with Gasteiger partial charge >= 0.3 is 0 Å². The molecule has 1 saturated carbocycles. The van der Waals surface area contributed by atoms with Crippen molar-refractivity contribution in [1.29, 1.82) is 0 Å². The summed E-state index contributed by atoms with van der Waals surface area (Å²) in [6.45, 7) is 4.81. The molecule has 5 rings (SSSR count). The molecule has 1 aliphatic carbocycles. The van der Waals surface area contributed by atoms with Crippen LogP contribution in [-0.4, -0.2) is 60.8 Å². The fourth-order valence-electron chi connectivity index (χ4n) is 5.02. The molecule has 0 amide bonds. The molecule has 1 aliphatic heterocycles. The first-order valence-electron chi connectivity index (χ1n) is 13.0. The highest BCUT2D eigenvalue weighted by molar-refractivity contribution is 5.84. The standard InChI is InChI=1S/C28H38N4O3/c1-31(2)18-24-26(34-19-21-4-5-21)10-8-23-25(30-35-28(23)24)9-6-20-12-14-32(15-13-20)17-22-7-11-27(33-3)29-16-22/h7-8,10-11,16,20-21H,4-6,9,12-15,17-19H2,1-3H3. The van der Waals surface area contributed by atoms with E-state index in [0.29, 0.717) is 5.88 Å². The molecule has 2 aliphatic rings. The molecule has 35 heavy (non-hydrogen) atoms. The summed E-state index contributed by atoms with van der Waals surface area (Å²) in [5.74, 6) is 3.07. The first-order valence-corrected chi connectivity index (χ1v) is 13.0. The number of ether oxygens (including phenoxy) is 2. The summed E-state index contributed by atoms with van der Waals surface area (Å²) in [6.07, 6.45) is 9.07. The molecule has 2 aromatic heterocycles. The molecule has 3 heterocycles. The van der Waals surface area contributed by atoms with E-state index in [0.717, 1.165) is 85.4 Å². The number of piperidine rings is 1. The molecular weight excluding hydrogens is 440 g/mol. The Morgan fingerprint density at radius 3 is 2.57 bits per heavy atom. The zero-order valence-electron chi connectivity index (χ0n) is 21.3. The molecule has 1 saturated heterocycles. The van der Waals surface area contributed by atoms with Gasteiger partial charge in [0, 0.05) is 30.7 Å². The topological polar surface area (TPSA) is 63.9 Å².